The second kappa shape index (κ2) is 7.32. The summed E-state index contributed by atoms with van der Waals surface area (Å²) in [6, 6.07) is 3.77. The van der Waals surface area contributed by atoms with Crippen LogP contribution in [0, 0.1) is 0 Å². The topological polar surface area (TPSA) is 75.6 Å². The summed E-state index contributed by atoms with van der Waals surface area (Å²) in [6.45, 7) is 6.03. The first kappa shape index (κ1) is 20.2. The zero-order valence-corrected chi connectivity index (χ0v) is 17.9. The van der Waals surface area contributed by atoms with Gasteiger partial charge >= 0.3 is 0 Å². The van der Waals surface area contributed by atoms with Gasteiger partial charge in [0.1, 0.15) is 0 Å². The summed E-state index contributed by atoms with van der Waals surface area (Å²) in [6.07, 6.45) is 0.751. The maximum atomic E-state index is 11.2. The zero-order valence-electron chi connectivity index (χ0n) is 17.9. The fourth-order valence-corrected chi connectivity index (χ4v) is 4.21. The first-order chi connectivity index (χ1) is 14.4. The highest BCUT2D eigenvalue weighted by Gasteiger charge is 2.37. The average Bonchev–Trinajstić information content (AvgIpc) is 3.19. The molecule has 0 saturated heterocycles. The van der Waals surface area contributed by atoms with Crippen molar-refractivity contribution in [1.82, 2.24) is 0 Å². The summed E-state index contributed by atoms with van der Waals surface area (Å²) in [7, 11) is 6.31. The summed E-state index contributed by atoms with van der Waals surface area (Å²) < 4.78 is 34.1. The molecule has 0 spiro atoms. The van der Waals surface area contributed by atoms with Gasteiger partial charge in [0.2, 0.25) is 18.3 Å². The molecule has 7 nitrogen and oxygen atoms in total. The molecule has 1 aliphatic carbocycles. The molecule has 2 aromatic rings. The Morgan fingerprint density at radius 1 is 0.900 bits per heavy atom. The summed E-state index contributed by atoms with van der Waals surface area (Å²) in [5.74, 6) is 3.14. The van der Waals surface area contributed by atoms with Crippen LogP contribution in [0.4, 0.5) is 0 Å². The van der Waals surface area contributed by atoms with Crippen LogP contribution in [-0.2, 0) is 12.8 Å². The van der Waals surface area contributed by atoms with E-state index in [4.69, 9.17) is 28.4 Å². The molecule has 1 heterocycles. The van der Waals surface area contributed by atoms with Crippen LogP contribution >= 0.6 is 0 Å². The van der Waals surface area contributed by atoms with Gasteiger partial charge in [-0.1, -0.05) is 6.58 Å². The van der Waals surface area contributed by atoms with Gasteiger partial charge in [-0.15, -0.1) is 0 Å². The van der Waals surface area contributed by atoms with Crippen molar-refractivity contribution in [3.8, 4) is 45.6 Å². The van der Waals surface area contributed by atoms with E-state index in [1.54, 1.807) is 35.4 Å². The SMILES string of the molecule is C=C1Cc2cc(OC)c(OC)c(OC)c2-c2c(cc3c(c2OC)OCO3)C[C@@]1(C)O. The highest BCUT2D eigenvalue weighted by atomic mass is 16.7. The fourth-order valence-electron chi connectivity index (χ4n) is 4.21. The molecule has 0 fully saturated rings. The monoisotopic (exact) mass is 414 g/mol. The molecule has 2 aromatic carbocycles. The van der Waals surface area contributed by atoms with Crippen molar-refractivity contribution in [1.29, 1.82) is 0 Å². The second-order valence-corrected chi connectivity index (χ2v) is 7.59. The number of hydrogen-bond acceptors (Lipinski definition) is 7. The van der Waals surface area contributed by atoms with Gasteiger partial charge in [-0.25, -0.2) is 0 Å². The number of benzene rings is 2. The normalized spacial score (nSPS) is 19.3. The lowest BCUT2D eigenvalue weighted by Gasteiger charge is -2.32. The van der Waals surface area contributed by atoms with E-state index in [9.17, 15) is 5.11 Å². The van der Waals surface area contributed by atoms with Gasteiger partial charge in [0.25, 0.3) is 0 Å². The van der Waals surface area contributed by atoms with Gasteiger partial charge in [0.05, 0.1) is 34.0 Å². The maximum Gasteiger partial charge on any atom is 0.231 e. The van der Waals surface area contributed by atoms with E-state index in [0.717, 1.165) is 22.3 Å². The molecule has 1 N–H and O–H groups in total. The molecule has 1 aliphatic heterocycles. The number of fused-ring (bicyclic) bond motifs is 4. The predicted octanol–water partition coefficient (Wildman–Crippen LogP) is 3.52. The number of hydrogen-bond donors (Lipinski definition) is 1. The van der Waals surface area contributed by atoms with Crippen molar-refractivity contribution in [3.05, 3.63) is 35.4 Å². The number of aliphatic hydroxyl groups is 1. The van der Waals surface area contributed by atoms with Crippen LogP contribution < -0.4 is 28.4 Å². The largest absolute Gasteiger partial charge is 0.493 e. The minimum atomic E-state index is -1.13. The Kier molecular flexibility index (Phi) is 4.94. The number of methoxy groups -OCH3 is 4. The van der Waals surface area contributed by atoms with E-state index >= 15 is 0 Å². The quantitative estimate of drug-likeness (QED) is 0.767. The number of rotatable bonds is 4. The van der Waals surface area contributed by atoms with Crippen LogP contribution in [0.2, 0.25) is 0 Å². The lowest BCUT2D eigenvalue weighted by Crippen LogP contribution is -2.32. The zero-order chi connectivity index (χ0) is 21.6. The lowest BCUT2D eigenvalue weighted by atomic mass is 9.78. The van der Waals surface area contributed by atoms with Gasteiger partial charge in [0.15, 0.2) is 23.0 Å². The summed E-state index contributed by atoms with van der Waals surface area (Å²) in [5, 5.41) is 11.2. The molecule has 0 saturated carbocycles. The summed E-state index contributed by atoms with van der Waals surface area (Å²) in [5.41, 5.74) is 2.80. The molecular formula is C23H26O7. The third-order valence-corrected chi connectivity index (χ3v) is 5.77. The Hall–Kier alpha value is -3.06. The molecule has 7 heteroatoms. The molecule has 160 valence electrons. The van der Waals surface area contributed by atoms with Crippen LogP contribution in [-0.4, -0.2) is 45.9 Å². The number of ether oxygens (including phenoxy) is 6. The molecule has 0 aromatic heterocycles. The summed E-state index contributed by atoms with van der Waals surface area (Å²) >= 11 is 0. The first-order valence-corrected chi connectivity index (χ1v) is 9.58. The van der Waals surface area contributed by atoms with E-state index in [-0.39, 0.29) is 6.79 Å². The predicted molar refractivity (Wildman–Crippen MR) is 111 cm³/mol. The van der Waals surface area contributed by atoms with E-state index in [0.29, 0.717) is 52.9 Å². The van der Waals surface area contributed by atoms with E-state index in [2.05, 4.69) is 6.58 Å². The molecule has 30 heavy (non-hydrogen) atoms. The molecule has 0 radical (unpaired) electrons. The van der Waals surface area contributed by atoms with E-state index in [1.807, 2.05) is 12.1 Å². The third-order valence-electron chi connectivity index (χ3n) is 5.77. The first-order valence-electron chi connectivity index (χ1n) is 9.58. The van der Waals surface area contributed by atoms with Crippen molar-refractivity contribution in [2.75, 3.05) is 35.2 Å². The molecule has 0 amide bonds. The van der Waals surface area contributed by atoms with Crippen LogP contribution in [0.3, 0.4) is 0 Å². The summed E-state index contributed by atoms with van der Waals surface area (Å²) in [4.78, 5) is 0. The molecule has 4 rings (SSSR count). The Bertz CT molecular complexity index is 1020. The van der Waals surface area contributed by atoms with Gasteiger partial charge < -0.3 is 33.5 Å². The Balaban J connectivity index is 2.16. The van der Waals surface area contributed by atoms with Crippen molar-refractivity contribution < 1.29 is 33.5 Å². The fraction of sp³-hybridized carbons (Fsp3) is 0.391. The average molecular weight is 414 g/mol. The second-order valence-electron chi connectivity index (χ2n) is 7.59. The molecule has 0 unspecified atom stereocenters. The van der Waals surface area contributed by atoms with Crippen LogP contribution in [0.1, 0.15) is 18.1 Å². The smallest absolute Gasteiger partial charge is 0.231 e. The third kappa shape index (κ3) is 2.92. The Morgan fingerprint density at radius 3 is 2.20 bits per heavy atom. The van der Waals surface area contributed by atoms with Crippen LogP contribution in [0.5, 0.6) is 34.5 Å². The van der Waals surface area contributed by atoms with Gasteiger partial charge in [-0.3, -0.25) is 0 Å². The Morgan fingerprint density at radius 2 is 1.57 bits per heavy atom. The molecule has 1 atom stereocenters. The van der Waals surface area contributed by atoms with Gasteiger partial charge in [-0.05, 0) is 42.2 Å². The van der Waals surface area contributed by atoms with Crippen molar-refractivity contribution >= 4 is 0 Å². The molecular weight excluding hydrogens is 388 g/mol. The standard InChI is InChI=1S/C23H26O7/c1-12-7-13-8-15(25-3)19(26-4)21(27-5)17(13)18-14(10-23(12,2)24)9-16-20(22(18)28-6)30-11-29-16/h8-9,24H,1,7,10-11H2,2-6H3/t23-/m1/s1. The van der Waals surface area contributed by atoms with Crippen molar-refractivity contribution in [2.45, 2.75) is 25.4 Å². The highest BCUT2D eigenvalue weighted by Crippen LogP contribution is 2.56. The van der Waals surface area contributed by atoms with Crippen molar-refractivity contribution in [2.24, 2.45) is 0 Å². The van der Waals surface area contributed by atoms with Crippen LogP contribution in [0.25, 0.3) is 11.1 Å². The maximum absolute atomic E-state index is 11.2. The van der Waals surface area contributed by atoms with Gasteiger partial charge in [-0.2, -0.15) is 0 Å². The molecule has 0 bridgehead atoms. The van der Waals surface area contributed by atoms with Crippen molar-refractivity contribution in [3.63, 3.8) is 0 Å². The lowest BCUT2D eigenvalue weighted by molar-refractivity contribution is 0.0968. The Labute approximate surface area is 175 Å². The minimum absolute atomic E-state index is 0.105. The van der Waals surface area contributed by atoms with E-state index < -0.39 is 5.60 Å². The van der Waals surface area contributed by atoms with Gasteiger partial charge in [0, 0.05) is 17.5 Å². The minimum Gasteiger partial charge on any atom is -0.493 e. The van der Waals surface area contributed by atoms with Crippen LogP contribution in [0.15, 0.2) is 24.3 Å². The van der Waals surface area contributed by atoms with E-state index in [1.165, 1.54) is 0 Å². The highest BCUT2D eigenvalue weighted by molar-refractivity contribution is 5.89. The molecule has 2 aliphatic rings.